The van der Waals surface area contributed by atoms with Crippen LogP contribution in [0.3, 0.4) is 0 Å². The van der Waals surface area contributed by atoms with Crippen LogP contribution in [0.4, 0.5) is 15.9 Å². The molecule has 100 valence electrons. The Morgan fingerprint density at radius 2 is 2.11 bits per heavy atom. The average Bonchev–Trinajstić information content (AvgIpc) is 2.41. The fraction of sp³-hybridized carbons (Fsp3) is 0.267. The Morgan fingerprint density at radius 3 is 2.84 bits per heavy atom. The summed E-state index contributed by atoms with van der Waals surface area (Å²) >= 11 is 0. The predicted octanol–water partition coefficient (Wildman–Crippen LogP) is 3.29. The van der Waals surface area contributed by atoms with Gasteiger partial charge in [-0.15, -0.1) is 0 Å². The molecule has 0 unspecified atom stereocenters. The number of pyridine rings is 1. The predicted molar refractivity (Wildman–Crippen MR) is 76.9 cm³/mol. The molecule has 1 aromatic heterocycles. The number of hydrogen-bond acceptors (Lipinski definition) is 3. The molecule has 0 saturated carbocycles. The Balaban J connectivity index is 2.16. The molecule has 0 amide bonds. The van der Waals surface area contributed by atoms with Crippen LogP contribution < -0.4 is 10.2 Å². The summed E-state index contributed by atoms with van der Waals surface area (Å²) < 4.78 is 13.2. The van der Waals surface area contributed by atoms with E-state index in [0.717, 1.165) is 23.6 Å². The zero-order valence-electron chi connectivity index (χ0n) is 11.2. The highest BCUT2D eigenvalue weighted by atomic mass is 19.1. The van der Waals surface area contributed by atoms with Crippen molar-refractivity contribution in [2.24, 2.45) is 0 Å². The molecule has 0 fully saturated rings. The molecule has 0 spiro atoms. The molecule has 4 heteroatoms. The van der Waals surface area contributed by atoms with E-state index in [4.69, 9.17) is 0 Å². The maximum absolute atomic E-state index is 13.2. The molecule has 0 saturated heterocycles. The first kappa shape index (κ1) is 13.3. The lowest BCUT2D eigenvalue weighted by atomic mass is 10.2. The first-order chi connectivity index (χ1) is 9.20. The summed E-state index contributed by atoms with van der Waals surface area (Å²) in [6.07, 6.45) is 1.77. The van der Waals surface area contributed by atoms with Crippen LogP contribution >= 0.6 is 0 Å². The standard InChI is InChI=1S/C15H18FN3/c1-3-17-15-12(6-5-9-18-15)11-19(2)14-8-4-7-13(16)10-14/h4-10H,3,11H2,1-2H3,(H,17,18). The Bertz CT molecular complexity index is 542. The summed E-state index contributed by atoms with van der Waals surface area (Å²) in [5, 5.41) is 3.23. The van der Waals surface area contributed by atoms with E-state index in [-0.39, 0.29) is 5.82 Å². The zero-order valence-corrected chi connectivity index (χ0v) is 11.2. The lowest BCUT2D eigenvalue weighted by Gasteiger charge is -2.21. The van der Waals surface area contributed by atoms with Crippen molar-refractivity contribution in [3.63, 3.8) is 0 Å². The van der Waals surface area contributed by atoms with Gasteiger partial charge in [-0.05, 0) is 31.2 Å². The molecule has 0 aliphatic carbocycles. The Hall–Kier alpha value is -2.10. The monoisotopic (exact) mass is 259 g/mol. The van der Waals surface area contributed by atoms with E-state index >= 15 is 0 Å². The minimum Gasteiger partial charge on any atom is -0.370 e. The summed E-state index contributed by atoms with van der Waals surface area (Å²) in [5.41, 5.74) is 1.95. The van der Waals surface area contributed by atoms with Gasteiger partial charge in [0.15, 0.2) is 0 Å². The second-order valence-electron chi connectivity index (χ2n) is 4.38. The van der Waals surface area contributed by atoms with E-state index in [0.29, 0.717) is 6.54 Å². The Morgan fingerprint density at radius 1 is 1.26 bits per heavy atom. The third kappa shape index (κ3) is 3.44. The fourth-order valence-electron chi connectivity index (χ4n) is 1.95. The summed E-state index contributed by atoms with van der Waals surface area (Å²) in [6, 6.07) is 10.5. The van der Waals surface area contributed by atoms with E-state index in [1.54, 1.807) is 12.3 Å². The first-order valence-corrected chi connectivity index (χ1v) is 6.35. The highest BCUT2D eigenvalue weighted by Crippen LogP contribution is 2.19. The molecule has 2 rings (SSSR count). The van der Waals surface area contributed by atoms with Crippen molar-refractivity contribution in [3.05, 3.63) is 54.0 Å². The largest absolute Gasteiger partial charge is 0.370 e. The van der Waals surface area contributed by atoms with E-state index in [9.17, 15) is 4.39 Å². The van der Waals surface area contributed by atoms with Crippen LogP contribution in [0.1, 0.15) is 12.5 Å². The summed E-state index contributed by atoms with van der Waals surface area (Å²) in [4.78, 5) is 6.32. The van der Waals surface area contributed by atoms with Gasteiger partial charge in [0, 0.05) is 37.6 Å². The molecule has 1 aromatic carbocycles. The lowest BCUT2D eigenvalue weighted by Crippen LogP contribution is -2.18. The SMILES string of the molecule is CCNc1ncccc1CN(C)c1cccc(F)c1. The summed E-state index contributed by atoms with van der Waals surface area (Å²) in [7, 11) is 1.94. The number of benzene rings is 1. The fourth-order valence-corrected chi connectivity index (χ4v) is 1.95. The molecule has 0 radical (unpaired) electrons. The smallest absolute Gasteiger partial charge is 0.130 e. The maximum Gasteiger partial charge on any atom is 0.130 e. The second kappa shape index (κ2) is 6.18. The number of nitrogens with zero attached hydrogens (tertiary/aromatic N) is 2. The van der Waals surface area contributed by atoms with Gasteiger partial charge >= 0.3 is 0 Å². The van der Waals surface area contributed by atoms with Gasteiger partial charge in [0.25, 0.3) is 0 Å². The molecule has 2 aromatic rings. The van der Waals surface area contributed by atoms with Gasteiger partial charge in [-0.3, -0.25) is 0 Å². The van der Waals surface area contributed by atoms with Crippen molar-refractivity contribution in [3.8, 4) is 0 Å². The number of halogens is 1. The molecular weight excluding hydrogens is 241 g/mol. The normalized spacial score (nSPS) is 10.3. The zero-order chi connectivity index (χ0) is 13.7. The number of nitrogens with one attached hydrogen (secondary N) is 1. The summed E-state index contributed by atoms with van der Waals surface area (Å²) in [6.45, 7) is 3.54. The Kier molecular flexibility index (Phi) is 4.34. The van der Waals surface area contributed by atoms with Gasteiger partial charge in [0.1, 0.15) is 11.6 Å². The minimum absolute atomic E-state index is 0.220. The molecule has 0 aliphatic rings. The van der Waals surface area contributed by atoms with Gasteiger partial charge < -0.3 is 10.2 Å². The van der Waals surface area contributed by atoms with E-state index < -0.39 is 0 Å². The van der Waals surface area contributed by atoms with Gasteiger partial charge in [0.2, 0.25) is 0 Å². The highest BCUT2D eigenvalue weighted by Gasteiger charge is 2.07. The Labute approximate surface area is 113 Å². The molecule has 1 N–H and O–H groups in total. The van der Waals surface area contributed by atoms with Gasteiger partial charge in [-0.2, -0.15) is 0 Å². The third-order valence-corrected chi connectivity index (χ3v) is 2.89. The van der Waals surface area contributed by atoms with Crippen LogP contribution in [0.25, 0.3) is 0 Å². The topological polar surface area (TPSA) is 28.2 Å². The van der Waals surface area contributed by atoms with Crippen molar-refractivity contribution >= 4 is 11.5 Å². The van der Waals surface area contributed by atoms with Crippen molar-refractivity contribution in [1.82, 2.24) is 4.98 Å². The molecule has 19 heavy (non-hydrogen) atoms. The second-order valence-corrected chi connectivity index (χ2v) is 4.38. The molecule has 0 bridgehead atoms. The number of hydrogen-bond donors (Lipinski definition) is 1. The first-order valence-electron chi connectivity index (χ1n) is 6.35. The van der Waals surface area contributed by atoms with Crippen molar-refractivity contribution in [1.29, 1.82) is 0 Å². The average molecular weight is 259 g/mol. The van der Waals surface area contributed by atoms with Gasteiger partial charge in [-0.1, -0.05) is 12.1 Å². The van der Waals surface area contributed by atoms with Crippen molar-refractivity contribution < 1.29 is 4.39 Å². The molecule has 3 nitrogen and oxygen atoms in total. The van der Waals surface area contributed by atoms with Crippen LogP contribution in [-0.2, 0) is 6.54 Å². The minimum atomic E-state index is -0.220. The van der Waals surface area contributed by atoms with E-state index in [1.807, 2.05) is 37.1 Å². The molecule has 0 atom stereocenters. The van der Waals surface area contributed by atoms with Crippen molar-refractivity contribution in [2.75, 3.05) is 23.8 Å². The maximum atomic E-state index is 13.2. The number of aromatic nitrogens is 1. The lowest BCUT2D eigenvalue weighted by molar-refractivity contribution is 0.627. The van der Waals surface area contributed by atoms with Gasteiger partial charge in [-0.25, -0.2) is 9.37 Å². The molecule has 0 aliphatic heterocycles. The van der Waals surface area contributed by atoms with Crippen LogP contribution in [0.2, 0.25) is 0 Å². The van der Waals surface area contributed by atoms with Crippen molar-refractivity contribution in [2.45, 2.75) is 13.5 Å². The summed E-state index contributed by atoms with van der Waals surface area (Å²) in [5.74, 6) is 0.663. The van der Waals surface area contributed by atoms with E-state index in [1.165, 1.54) is 12.1 Å². The molecular formula is C15H18FN3. The van der Waals surface area contributed by atoms with Gasteiger partial charge in [0.05, 0.1) is 0 Å². The van der Waals surface area contributed by atoms with Crippen LogP contribution in [0.15, 0.2) is 42.6 Å². The highest BCUT2D eigenvalue weighted by molar-refractivity contribution is 5.50. The van der Waals surface area contributed by atoms with Crippen LogP contribution in [-0.4, -0.2) is 18.6 Å². The number of anilines is 2. The third-order valence-electron chi connectivity index (χ3n) is 2.89. The van der Waals surface area contributed by atoms with Crippen LogP contribution in [0.5, 0.6) is 0 Å². The quantitative estimate of drug-likeness (QED) is 0.893. The van der Waals surface area contributed by atoms with E-state index in [2.05, 4.69) is 10.3 Å². The number of rotatable bonds is 5. The van der Waals surface area contributed by atoms with Crippen LogP contribution in [0, 0.1) is 5.82 Å². The molecule has 1 heterocycles.